The second-order valence-corrected chi connectivity index (χ2v) is 2.60. The summed E-state index contributed by atoms with van der Waals surface area (Å²) in [5.74, 6) is -5.13. The highest BCUT2D eigenvalue weighted by Crippen LogP contribution is 2.37. The first-order valence-corrected chi connectivity index (χ1v) is 3.38. The molecule has 1 aromatic heterocycles. The summed E-state index contributed by atoms with van der Waals surface area (Å²) in [5, 5.41) is 2.93. The quantitative estimate of drug-likeness (QED) is 0.769. The van der Waals surface area contributed by atoms with Gasteiger partial charge in [0.15, 0.2) is 0 Å². The molecular formula is C6H5F5N2O. The fourth-order valence-corrected chi connectivity index (χ4v) is 0.739. The van der Waals surface area contributed by atoms with Gasteiger partial charge in [-0.3, -0.25) is 0 Å². The fourth-order valence-electron chi connectivity index (χ4n) is 0.739. The van der Waals surface area contributed by atoms with Crippen molar-refractivity contribution in [2.45, 2.75) is 18.5 Å². The van der Waals surface area contributed by atoms with Crippen LogP contribution < -0.4 is 5.73 Å². The van der Waals surface area contributed by atoms with Crippen LogP contribution in [0.3, 0.4) is 0 Å². The molecule has 0 saturated heterocycles. The molecule has 0 saturated carbocycles. The van der Waals surface area contributed by atoms with Crippen LogP contribution in [0.4, 0.5) is 27.8 Å². The maximum atomic E-state index is 12.4. The minimum atomic E-state index is -5.60. The second-order valence-electron chi connectivity index (χ2n) is 2.60. The Morgan fingerprint density at radius 3 is 2.21 bits per heavy atom. The van der Waals surface area contributed by atoms with E-state index in [2.05, 4.69) is 9.68 Å². The van der Waals surface area contributed by atoms with Gasteiger partial charge in [-0.05, 0) is 0 Å². The van der Waals surface area contributed by atoms with Crippen molar-refractivity contribution in [3.63, 3.8) is 0 Å². The maximum absolute atomic E-state index is 12.4. The fraction of sp³-hybridized carbons (Fsp3) is 0.500. The van der Waals surface area contributed by atoms with Crippen LogP contribution in [0.25, 0.3) is 0 Å². The minimum absolute atomic E-state index is 0.307. The van der Waals surface area contributed by atoms with E-state index in [1.54, 1.807) is 0 Å². The number of nitrogens with two attached hydrogens (primary N) is 1. The van der Waals surface area contributed by atoms with Gasteiger partial charge in [0.05, 0.1) is 12.1 Å². The Bertz CT molecular complexity index is 318. The predicted molar refractivity (Wildman–Crippen MR) is 35.6 cm³/mol. The lowest BCUT2D eigenvalue weighted by Crippen LogP contribution is -2.38. The molecule has 0 aliphatic rings. The van der Waals surface area contributed by atoms with Gasteiger partial charge in [0.2, 0.25) is 5.88 Å². The van der Waals surface area contributed by atoms with Gasteiger partial charge < -0.3 is 10.3 Å². The van der Waals surface area contributed by atoms with Gasteiger partial charge in [0.25, 0.3) is 0 Å². The van der Waals surface area contributed by atoms with Crippen LogP contribution in [0.15, 0.2) is 10.6 Å². The molecular weight excluding hydrogens is 211 g/mol. The molecule has 1 aromatic rings. The number of hydrogen-bond acceptors (Lipinski definition) is 3. The first-order chi connectivity index (χ1) is 6.22. The minimum Gasteiger partial charge on any atom is -0.368 e. The van der Waals surface area contributed by atoms with E-state index in [0.29, 0.717) is 0 Å². The van der Waals surface area contributed by atoms with E-state index in [4.69, 9.17) is 5.73 Å². The van der Waals surface area contributed by atoms with Crippen molar-refractivity contribution >= 4 is 5.88 Å². The van der Waals surface area contributed by atoms with E-state index in [9.17, 15) is 22.0 Å². The molecule has 1 rings (SSSR count). The van der Waals surface area contributed by atoms with Gasteiger partial charge >= 0.3 is 12.1 Å². The normalized spacial score (nSPS) is 13.2. The Morgan fingerprint density at radius 2 is 1.86 bits per heavy atom. The van der Waals surface area contributed by atoms with Crippen LogP contribution in [-0.2, 0) is 6.42 Å². The van der Waals surface area contributed by atoms with Crippen molar-refractivity contribution in [2.75, 3.05) is 5.73 Å². The van der Waals surface area contributed by atoms with E-state index >= 15 is 0 Å². The molecule has 8 heteroatoms. The van der Waals surface area contributed by atoms with Gasteiger partial charge in [-0.15, -0.1) is 0 Å². The number of nitrogen functional groups attached to an aromatic ring is 1. The SMILES string of the molecule is Nc1cc(CC(F)(F)C(F)(F)F)no1. The van der Waals surface area contributed by atoms with E-state index in [1.165, 1.54) is 0 Å². The lowest BCUT2D eigenvalue weighted by molar-refractivity contribution is -0.281. The van der Waals surface area contributed by atoms with Crippen LogP contribution in [-0.4, -0.2) is 17.3 Å². The molecule has 0 bridgehead atoms. The number of alkyl halides is 5. The number of nitrogens with zero attached hydrogens (tertiary/aromatic N) is 1. The van der Waals surface area contributed by atoms with Crippen LogP contribution in [0.1, 0.15) is 5.69 Å². The Labute approximate surface area is 74.7 Å². The van der Waals surface area contributed by atoms with Gasteiger partial charge in [-0.25, -0.2) is 0 Å². The van der Waals surface area contributed by atoms with Crippen molar-refractivity contribution in [2.24, 2.45) is 0 Å². The Morgan fingerprint density at radius 1 is 1.29 bits per heavy atom. The van der Waals surface area contributed by atoms with Gasteiger partial charge in [-0.2, -0.15) is 22.0 Å². The summed E-state index contributed by atoms with van der Waals surface area (Å²) in [6, 6.07) is 0.819. The molecule has 0 aromatic carbocycles. The van der Waals surface area contributed by atoms with Crippen molar-refractivity contribution in [3.8, 4) is 0 Å². The van der Waals surface area contributed by atoms with Crippen LogP contribution >= 0.6 is 0 Å². The average Bonchev–Trinajstić information content (AvgIpc) is 2.31. The van der Waals surface area contributed by atoms with E-state index in [1.807, 2.05) is 0 Å². The number of hydrogen-bond donors (Lipinski definition) is 1. The molecule has 0 aliphatic carbocycles. The molecule has 14 heavy (non-hydrogen) atoms. The molecule has 3 nitrogen and oxygen atoms in total. The largest absolute Gasteiger partial charge is 0.453 e. The molecule has 0 fully saturated rings. The molecule has 0 amide bonds. The molecule has 0 radical (unpaired) electrons. The van der Waals surface area contributed by atoms with Gasteiger partial charge in [0.1, 0.15) is 0 Å². The van der Waals surface area contributed by atoms with Gasteiger partial charge in [0, 0.05) is 6.07 Å². The molecule has 0 spiro atoms. The van der Waals surface area contributed by atoms with Gasteiger partial charge in [-0.1, -0.05) is 5.16 Å². The van der Waals surface area contributed by atoms with E-state index < -0.39 is 24.2 Å². The number of rotatable bonds is 2. The topological polar surface area (TPSA) is 52.0 Å². The summed E-state index contributed by atoms with van der Waals surface area (Å²) >= 11 is 0. The zero-order chi connectivity index (χ0) is 11.0. The van der Waals surface area contributed by atoms with Crippen LogP contribution in [0.2, 0.25) is 0 Å². The number of halogens is 5. The third-order valence-electron chi connectivity index (χ3n) is 1.40. The van der Waals surface area contributed by atoms with Crippen molar-refractivity contribution < 1.29 is 26.5 Å². The van der Waals surface area contributed by atoms with E-state index in [-0.39, 0.29) is 5.88 Å². The Kier molecular flexibility index (Phi) is 2.38. The monoisotopic (exact) mass is 216 g/mol. The summed E-state index contributed by atoms with van der Waals surface area (Å²) in [6.45, 7) is 0. The number of aromatic nitrogens is 1. The molecule has 2 N–H and O–H groups in total. The molecule has 80 valence electrons. The van der Waals surface area contributed by atoms with Crippen molar-refractivity contribution in [1.29, 1.82) is 0 Å². The predicted octanol–water partition coefficient (Wildman–Crippen LogP) is 2.00. The van der Waals surface area contributed by atoms with Crippen LogP contribution in [0, 0.1) is 0 Å². The summed E-state index contributed by atoms with van der Waals surface area (Å²) in [6.07, 6.45) is -7.17. The number of anilines is 1. The first-order valence-electron chi connectivity index (χ1n) is 3.38. The Balaban J connectivity index is 2.78. The molecule has 0 aliphatic heterocycles. The summed E-state index contributed by atoms with van der Waals surface area (Å²) in [4.78, 5) is 0. The lowest BCUT2D eigenvalue weighted by atomic mass is 10.2. The third kappa shape index (κ3) is 2.12. The average molecular weight is 216 g/mol. The zero-order valence-electron chi connectivity index (χ0n) is 6.61. The molecule has 0 unspecified atom stereocenters. The highest BCUT2D eigenvalue weighted by molar-refractivity contribution is 5.25. The van der Waals surface area contributed by atoms with E-state index in [0.717, 1.165) is 6.07 Å². The highest BCUT2D eigenvalue weighted by atomic mass is 19.4. The van der Waals surface area contributed by atoms with Crippen molar-refractivity contribution in [3.05, 3.63) is 11.8 Å². The standard InChI is InChI=1S/C6H5F5N2O/c7-5(8,6(9,10)11)2-3-1-4(12)14-13-3/h1H,2,12H2. The third-order valence-corrected chi connectivity index (χ3v) is 1.40. The smallest absolute Gasteiger partial charge is 0.368 e. The summed E-state index contributed by atoms with van der Waals surface area (Å²) < 4.78 is 64.0. The first kappa shape index (κ1) is 10.7. The van der Waals surface area contributed by atoms with Crippen LogP contribution in [0.5, 0.6) is 0 Å². The highest BCUT2D eigenvalue weighted by Gasteiger charge is 2.57. The summed E-state index contributed by atoms with van der Waals surface area (Å²) in [7, 11) is 0. The lowest BCUT2D eigenvalue weighted by Gasteiger charge is -2.17. The summed E-state index contributed by atoms with van der Waals surface area (Å²) in [5.41, 5.74) is 4.41. The second kappa shape index (κ2) is 3.10. The Hall–Kier alpha value is -1.34. The zero-order valence-corrected chi connectivity index (χ0v) is 6.61. The van der Waals surface area contributed by atoms with Crippen molar-refractivity contribution in [1.82, 2.24) is 5.16 Å². The molecule has 1 heterocycles. The maximum Gasteiger partial charge on any atom is 0.453 e. The molecule has 0 atom stereocenters.